The van der Waals surface area contributed by atoms with Gasteiger partial charge in [0, 0.05) is 19.3 Å². The highest BCUT2D eigenvalue weighted by atomic mass is 16.6. The zero-order valence-electron chi connectivity index (χ0n) is 43.4. The van der Waals surface area contributed by atoms with E-state index in [-0.39, 0.29) is 31.6 Å². The third kappa shape index (κ3) is 52.9. The molecule has 0 radical (unpaired) electrons. The van der Waals surface area contributed by atoms with E-state index in [4.69, 9.17) is 14.2 Å². The number of ether oxygens (including phenoxy) is 3. The second-order valence-corrected chi connectivity index (χ2v) is 17.8. The summed E-state index contributed by atoms with van der Waals surface area (Å²) < 4.78 is 16.7. The van der Waals surface area contributed by atoms with Crippen molar-refractivity contribution in [3.05, 3.63) is 109 Å². The Balaban J connectivity index is 4.55. The lowest BCUT2D eigenvalue weighted by molar-refractivity contribution is -0.166. The summed E-state index contributed by atoms with van der Waals surface area (Å²) >= 11 is 0. The van der Waals surface area contributed by atoms with E-state index in [2.05, 4.69) is 118 Å². The zero-order chi connectivity index (χ0) is 48.6. The molecule has 0 bridgehead atoms. The summed E-state index contributed by atoms with van der Waals surface area (Å²) in [5.74, 6) is -1.03. The molecule has 0 saturated carbocycles. The summed E-state index contributed by atoms with van der Waals surface area (Å²) in [6, 6.07) is 0. The molecule has 1 unspecified atom stereocenters. The number of hydrogen-bond acceptors (Lipinski definition) is 6. The third-order valence-electron chi connectivity index (χ3n) is 11.3. The molecule has 0 saturated heterocycles. The van der Waals surface area contributed by atoms with Gasteiger partial charge in [-0.3, -0.25) is 14.4 Å². The van der Waals surface area contributed by atoms with Gasteiger partial charge in [-0.05, 0) is 103 Å². The van der Waals surface area contributed by atoms with Crippen molar-refractivity contribution in [3.63, 3.8) is 0 Å². The van der Waals surface area contributed by atoms with Crippen molar-refractivity contribution in [3.8, 4) is 0 Å². The van der Waals surface area contributed by atoms with Crippen LogP contribution >= 0.6 is 0 Å². The summed E-state index contributed by atoms with van der Waals surface area (Å²) in [6.07, 6.45) is 73.7. The third-order valence-corrected chi connectivity index (χ3v) is 11.3. The van der Waals surface area contributed by atoms with E-state index in [0.717, 1.165) is 96.3 Å². The molecule has 0 amide bonds. The maximum absolute atomic E-state index is 12.8. The standard InChI is InChI=1S/C61H100O6/c1-4-7-10-13-16-19-22-25-28-30-31-34-36-39-42-45-48-51-54-60(63)66-57-58(56-65-59(62)53-50-47-44-41-38-35-32-27-24-21-18-15-12-9-6-3)67-61(64)55-52-49-46-43-40-37-33-29-26-23-20-17-14-11-8-5-2/h8,11,17,20-22,24-26,28-31,34,37,40,46,49,58H,4-7,9-10,12-16,18-19,23,27,32-33,35-36,38-39,41-45,47-48,50-57H2,1-3H3/b11-8-,20-17-,24-21-,25-22-,29-26-,30-28-,34-31-,40-37-,49-46-. The van der Waals surface area contributed by atoms with Gasteiger partial charge in [0.05, 0.1) is 0 Å². The summed E-state index contributed by atoms with van der Waals surface area (Å²) in [5.41, 5.74) is 0. The van der Waals surface area contributed by atoms with Crippen LogP contribution in [0.4, 0.5) is 0 Å². The van der Waals surface area contributed by atoms with Crippen LogP contribution in [0, 0.1) is 0 Å². The van der Waals surface area contributed by atoms with E-state index in [1.807, 2.05) is 12.2 Å². The molecule has 380 valence electrons. The lowest BCUT2D eigenvalue weighted by Crippen LogP contribution is -2.30. The lowest BCUT2D eigenvalue weighted by Gasteiger charge is -2.18. The van der Waals surface area contributed by atoms with Crippen LogP contribution in [-0.2, 0) is 28.6 Å². The first kappa shape index (κ1) is 63.1. The molecule has 6 heteroatoms. The Morgan fingerprint density at radius 2 is 0.672 bits per heavy atom. The molecule has 0 aliphatic heterocycles. The average Bonchev–Trinajstić information content (AvgIpc) is 3.33. The van der Waals surface area contributed by atoms with Gasteiger partial charge in [-0.25, -0.2) is 0 Å². The Labute approximate surface area is 412 Å². The summed E-state index contributed by atoms with van der Waals surface area (Å²) in [4.78, 5) is 38.1. The van der Waals surface area contributed by atoms with Crippen molar-refractivity contribution in [1.82, 2.24) is 0 Å². The minimum absolute atomic E-state index is 0.118. The molecule has 0 aromatic carbocycles. The SMILES string of the molecule is CC/C=C\C/C=C\C/C=C\C/C=C\C/C=C\CCC(=O)OC(COC(=O)CCCCCCC\C=C/C=C\C=C/CCCCCCC)COC(=O)CCCCCCCCC/C=C\CCCCCC. The van der Waals surface area contributed by atoms with E-state index in [1.165, 1.54) is 96.3 Å². The number of allylic oxidation sites excluding steroid dienone is 18. The quantitative estimate of drug-likeness (QED) is 0.0199. The van der Waals surface area contributed by atoms with Crippen molar-refractivity contribution >= 4 is 17.9 Å². The molecular formula is C61H100O6. The van der Waals surface area contributed by atoms with Crippen LogP contribution in [0.1, 0.15) is 239 Å². The van der Waals surface area contributed by atoms with Crippen LogP contribution in [0.5, 0.6) is 0 Å². The summed E-state index contributed by atoms with van der Waals surface area (Å²) in [5, 5.41) is 0. The highest BCUT2D eigenvalue weighted by Gasteiger charge is 2.19. The van der Waals surface area contributed by atoms with Gasteiger partial charge in [0.25, 0.3) is 0 Å². The van der Waals surface area contributed by atoms with Crippen molar-refractivity contribution in [1.29, 1.82) is 0 Å². The molecule has 0 aromatic heterocycles. The summed E-state index contributed by atoms with van der Waals surface area (Å²) in [6.45, 7) is 6.41. The first-order valence-electron chi connectivity index (χ1n) is 27.4. The zero-order valence-corrected chi connectivity index (χ0v) is 43.4. The molecule has 0 rings (SSSR count). The predicted molar refractivity (Wildman–Crippen MR) is 288 cm³/mol. The Morgan fingerprint density at radius 1 is 0.328 bits per heavy atom. The molecule has 6 nitrogen and oxygen atoms in total. The fraction of sp³-hybridized carbons (Fsp3) is 0.656. The van der Waals surface area contributed by atoms with Crippen molar-refractivity contribution < 1.29 is 28.6 Å². The minimum atomic E-state index is -0.830. The van der Waals surface area contributed by atoms with Crippen LogP contribution in [-0.4, -0.2) is 37.2 Å². The first-order chi connectivity index (χ1) is 33.0. The van der Waals surface area contributed by atoms with E-state index in [1.54, 1.807) is 0 Å². The van der Waals surface area contributed by atoms with Gasteiger partial charge < -0.3 is 14.2 Å². The molecule has 0 N–H and O–H groups in total. The second-order valence-electron chi connectivity index (χ2n) is 17.8. The first-order valence-corrected chi connectivity index (χ1v) is 27.4. The highest BCUT2D eigenvalue weighted by molar-refractivity contribution is 5.71. The molecule has 0 fully saturated rings. The average molecular weight is 929 g/mol. The topological polar surface area (TPSA) is 78.9 Å². The smallest absolute Gasteiger partial charge is 0.306 e. The Morgan fingerprint density at radius 3 is 1.10 bits per heavy atom. The number of unbranched alkanes of at least 4 members (excludes halogenated alkanes) is 21. The van der Waals surface area contributed by atoms with Gasteiger partial charge in [-0.1, -0.05) is 226 Å². The molecule has 0 spiro atoms. The van der Waals surface area contributed by atoms with E-state index in [9.17, 15) is 14.4 Å². The maximum atomic E-state index is 12.8. The second kappa shape index (κ2) is 54.7. The van der Waals surface area contributed by atoms with Gasteiger partial charge in [0.15, 0.2) is 6.10 Å². The van der Waals surface area contributed by atoms with E-state index >= 15 is 0 Å². The number of carbonyl (C=O) groups excluding carboxylic acids is 3. The van der Waals surface area contributed by atoms with Crippen LogP contribution < -0.4 is 0 Å². The number of hydrogen-bond donors (Lipinski definition) is 0. The van der Waals surface area contributed by atoms with Crippen LogP contribution in [0.3, 0.4) is 0 Å². The van der Waals surface area contributed by atoms with Crippen molar-refractivity contribution in [2.24, 2.45) is 0 Å². The normalized spacial score (nSPS) is 12.9. The Kier molecular flexibility index (Phi) is 51.5. The number of esters is 3. The van der Waals surface area contributed by atoms with Gasteiger partial charge in [0.1, 0.15) is 13.2 Å². The van der Waals surface area contributed by atoms with Crippen LogP contribution in [0.25, 0.3) is 0 Å². The van der Waals surface area contributed by atoms with E-state index < -0.39 is 12.1 Å². The maximum Gasteiger partial charge on any atom is 0.306 e. The number of rotatable bonds is 48. The molecule has 0 aliphatic rings. The van der Waals surface area contributed by atoms with E-state index in [0.29, 0.717) is 19.3 Å². The Hall–Kier alpha value is -3.93. The monoisotopic (exact) mass is 929 g/mol. The lowest BCUT2D eigenvalue weighted by atomic mass is 10.1. The van der Waals surface area contributed by atoms with Crippen molar-refractivity contribution in [2.45, 2.75) is 245 Å². The Bertz CT molecular complexity index is 1390. The fourth-order valence-corrected chi connectivity index (χ4v) is 7.19. The molecule has 0 aliphatic carbocycles. The molecule has 1 atom stereocenters. The van der Waals surface area contributed by atoms with Crippen LogP contribution in [0.15, 0.2) is 109 Å². The fourth-order valence-electron chi connectivity index (χ4n) is 7.19. The van der Waals surface area contributed by atoms with Gasteiger partial charge >= 0.3 is 17.9 Å². The summed E-state index contributed by atoms with van der Waals surface area (Å²) in [7, 11) is 0. The molecule has 67 heavy (non-hydrogen) atoms. The molecule has 0 heterocycles. The molecule has 0 aromatic rings. The number of carbonyl (C=O) groups is 3. The van der Waals surface area contributed by atoms with Crippen LogP contribution in [0.2, 0.25) is 0 Å². The van der Waals surface area contributed by atoms with Gasteiger partial charge in [-0.2, -0.15) is 0 Å². The van der Waals surface area contributed by atoms with Gasteiger partial charge in [0.2, 0.25) is 0 Å². The van der Waals surface area contributed by atoms with Crippen molar-refractivity contribution in [2.75, 3.05) is 13.2 Å². The predicted octanol–water partition coefficient (Wildman–Crippen LogP) is 18.3. The minimum Gasteiger partial charge on any atom is -0.462 e. The molecular weight excluding hydrogens is 829 g/mol. The highest BCUT2D eigenvalue weighted by Crippen LogP contribution is 2.13. The van der Waals surface area contributed by atoms with Gasteiger partial charge in [-0.15, -0.1) is 0 Å². The largest absolute Gasteiger partial charge is 0.462 e.